The van der Waals surface area contributed by atoms with E-state index in [0.29, 0.717) is 12.1 Å². The fourth-order valence-electron chi connectivity index (χ4n) is 5.73. The number of imide groups is 1. The molecule has 3 unspecified atom stereocenters. The van der Waals surface area contributed by atoms with Gasteiger partial charge in [-0.1, -0.05) is 89.6 Å². The Morgan fingerprint density at radius 3 is 2.37 bits per heavy atom. The predicted octanol–water partition coefficient (Wildman–Crippen LogP) is 4.82. The van der Waals surface area contributed by atoms with Gasteiger partial charge in [0.2, 0.25) is 0 Å². The number of benzene rings is 4. The van der Waals surface area contributed by atoms with Crippen molar-refractivity contribution >= 4 is 39.9 Å². The Labute approximate surface area is 236 Å². The molecule has 0 spiro atoms. The van der Waals surface area contributed by atoms with E-state index in [0.717, 1.165) is 38.1 Å². The minimum atomic E-state index is -0.975. The van der Waals surface area contributed by atoms with Crippen molar-refractivity contribution in [2.75, 3.05) is 11.4 Å². The molecule has 0 aromatic heterocycles. The van der Waals surface area contributed by atoms with Gasteiger partial charge in [-0.2, -0.15) is 10.2 Å². The molecule has 4 aromatic rings. The number of nitrogens with zero attached hydrogens (tertiary/aromatic N) is 6. The predicted molar refractivity (Wildman–Crippen MR) is 154 cm³/mol. The molecule has 9 heteroatoms. The zero-order valence-corrected chi connectivity index (χ0v) is 22.3. The highest BCUT2D eigenvalue weighted by Gasteiger charge is 2.55. The lowest BCUT2D eigenvalue weighted by Gasteiger charge is -2.25. The van der Waals surface area contributed by atoms with Crippen LogP contribution >= 0.6 is 0 Å². The maximum absolute atomic E-state index is 13.8. The smallest absolute Gasteiger partial charge is 0.264 e. The Balaban J connectivity index is 1.16. The van der Waals surface area contributed by atoms with Gasteiger partial charge in [-0.25, -0.2) is 9.91 Å². The van der Waals surface area contributed by atoms with Crippen LogP contribution in [0.2, 0.25) is 0 Å². The van der Waals surface area contributed by atoms with Gasteiger partial charge in [0, 0.05) is 6.42 Å². The number of amides is 3. The number of hydrogen-bond acceptors (Lipinski definition) is 7. The highest BCUT2D eigenvalue weighted by atomic mass is 16.2. The SMILES string of the molecule is Cc1ccc(N2C(=O)C3N=NN(CC(=O)N4N=C(c5ccc6ccccc6c5)CC4c4ccccc4)C3C2=O)cc1. The van der Waals surface area contributed by atoms with Crippen LogP contribution < -0.4 is 4.90 Å². The minimum Gasteiger partial charge on any atom is -0.271 e. The molecule has 3 atom stereocenters. The van der Waals surface area contributed by atoms with Gasteiger partial charge in [-0.05, 0) is 47.0 Å². The van der Waals surface area contributed by atoms with Crippen molar-refractivity contribution in [3.8, 4) is 0 Å². The van der Waals surface area contributed by atoms with Crippen LogP contribution in [-0.4, -0.2) is 52.1 Å². The Morgan fingerprint density at radius 1 is 0.854 bits per heavy atom. The molecule has 1 fully saturated rings. The van der Waals surface area contributed by atoms with Gasteiger partial charge in [0.05, 0.1) is 17.4 Å². The van der Waals surface area contributed by atoms with Crippen LogP contribution in [0.1, 0.15) is 29.2 Å². The molecule has 0 aliphatic carbocycles. The highest BCUT2D eigenvalue weighted by Crippen LogP contribution is 2.35. The van der Waals surface area contributed by atoms with Crippen LogP contribution in [0.3, 0.4) is 0 Å². The number of hydrazone groups is 1. The molecule has 0 N–H and O–H groups in total. The van der Waals surface area contributed by atoms with Crippen molar-refractivity contribution in [3.05, 3.63) is 114 Å². The second-order valence-electron chi connectivity index (χ2n) is 10.5. The topological polar surface area (TPSA) is 98.0 Å². The lowest BCUT2D eigenvalue weighted by molar-refractivity contribution is -0.135. The average molecular weight is 543 g/mol. The Morgan fingerprint density at radius 2 is 1.59 bits per heavy atom. The molecule has 0 radical (unpaired) electrons. The molecule has 0 saturated carbocycles. The van der Waals surface area contributed by atoms with E-state index in [1.54, 1.807) is 12.1 Å². The van der Waals surface area contributed by atoms with E-state index < -0.39 is 23.9 Å². The van der Waals surface area contributed by atoms with Gasteiger partial charge < -0.3 is 0 Å². The Bertz CT molecular complexity index is 1750. The molecule has 7 rings (SSSR count). The molecule has 1 saturated heterocycles. The van der Waals surface area contributed by atoms with E-state index in [1.807, 2.05) is 67.6 Å². The first-order valence-corrected chi connectivity index (χ1v) is 13.5. The van der Waals surface area contributed by atoms with Gasteiger partial charge in [0.15, 0.2) is 12.1 Å². The van der Waals surface area contributed by atoms with Crippen molar-refractivity contribution in [2.24, 2.45) is 15.4 Å². The van der Waals surface area contributed by atoms with Crippen molar-refractivity contribution < 1.29 is 14.4 Å². The lowest BCUT2D eigenvalue weighted by atomic mass is 9.97. The quantitative estimate of drug-likeness (QED) is 0.338. The van der Waals surface area contributed by atoms with Gasteiger partial charge in [-0.15, -0.1) is 0 Å². The summed E-state index contributed by atoms with van der Waals surface area (Å²) in [5.74, 6) is -1.21. The number of fused-ring (bicyclic) bond motifs is 2. The zero-order valence-electron chi connectivity index (χ0n) is 22.3. The van der Waals surface area contributed by atoms with Crippen LogP contribution in [-0.2, 0) is 14.4 Å². The summed E-state index contributed by atoms with van der Waals surface area (Å²) < 4.78 is 0. The van der Waals surface area contributed by atoms with E-state index >= 15 is 0 Å². The first-order valence-electron chi connectivity index (χ1n) is 13.5. The molecule has 3 aliphatic rings. The normalized spacial score (nSPS) is 21.6. The van der Waals surface area contributed by atoms with E-state index in [-0.39, 0.29) is 18.5 Å². The number of carbonyl (C=O) groups is 3. The summed E-state index contributed by atoms with van der Waals surface area (Å²) in [7, 11) is 0. The Kier molecular flexibility index (Phi) is 5.92. The third-order valence-electron chi connectivity index (χ3n) is 7.88. The fraction of sp³-hybridized carbons (Fsp3) is 0.188. The number of rotatable bonds is 5. The van der Waals surface area contributed by atoms with Crippen LogP contribution in [0, 0.1) is 6.92 Å². The van der Waals surface area contributed by atoms with Gasteiger partial charge in [-0.3, -0.25) is 19.4 Å². The van der Waals surface area contributed by atoms with Gasteiger partial charge in [0.1, 0.15) is 6.54 Å². The van der Waals surface area contributed by atoms with Crippen LogP contribution in [0.5, 0.6) is 0 Å². The zero-order chi connectivity index (χ0) is 28.1. The largest absolute Gasteiger partial charge is 0.271 e. The lowest BCUT2D eigenvalue weighted by Crippen LogP contribution is -2.44. The van der Waals surface area contributed by atoms with E-state index in [2.05, 4.69) is 34.6 Å². The van der Waals surface area contributed by atoms with Crippen LogP contribution in [0.4, 0.5) is 5.69 Å². The summed E-state index contributed by atoms with van der Waals surface area (Å²) in [6.45, 7) is 1.70. The standard InChI is InChI=1S/C32H26N6O3/c1-20-11-15-25(16-12-20)37-31(40)29-30(32(37)41)36(35-33-29)19-28(39)38-27(22-8-3-2-4-9-22)18-26(34-38)24-14-13-21-7-5-6-10-23(21)17-24/h2-17,27,29-30H,18-19H2,1H3. The molecular weight excluding hydrogens is 516 g/mol. The summed E-state index contributed by atoms with van der Waals surface area (Å²) in [6, 6.07) is 29.0. The van der Waals surface area contributed by atoms with Crippen molar-refractivity contribution in [3.63, 3.8) is 0 Å². The van der Waals surface area contributed by atoms with Crippen LogP contribution in [0.25, 0.3) is 10.8 Å². The van der Waals surface area contributed by atoms with E-state index in [4.69, 9.17) is 5.10 Å². The Hall–Kier alpha value is -5.18. The molecule has 3 heterocycles. The molecule has 0 bridgehead atoms. The summed E-state index contributed by atoms with van der Waals surface area (Å²) in [5, 5.41) is 18.0. The summed E-state index contributed by atoms with van der Waals surface area (Å²) >= 11 is 0. The molecule has 202 valence electrons. The molecule has 4 aromatic carbocycles. The summed E-state index contributed by atoms with van der Waals surface area (Å²) in [5.41, 5.74) is 4.21. The summed E-state index contributed by atoms with van der Waals surface area (Å²) in [4.78, 5) is 41.5. The average Bonchev–Trinajstić information content (AvgIpc) is 3.69. The number of anilines is 1. The minimum absolute atomic E-state index is 0.233. The number of aryl methyl sites for hydroxylation is 1. The highest BCUT2D eigenvalue weighted by molar-refractivity contribution is 6.25. The monoisotopic (exact) mass is 542 g/mol. The van der Waals surface area contributed by atoms with E-state index in [9.17, 15) is 14.4 Å². The van der Waals surface area contributed by atoms with Gasteiger partial charge in [0.25, 0.3) is 17.7 Å². The van der Waals surface area contributed by atoms with E-state index in [1.165, 1.54) is 10.0 Å². The van der Waals surface area contributed by atoms with Crippen molar-refractivity contribution in [1.82, 2.24) is 10.0 Å². The van der Waals surface area contributed by atoms with Crippen LogP contribution in [0.15, 0.2) is 113 Å². The second-order valence-corrected chi connectivity index (χ2v) is 10.5. The maximum atomic E-state index is 13.8. The fourth-order valence-corrected chi connectivity index (χ4v) is 5.73. The molecule has 9 nitrogen and oxygen atoms in total. The first kappa shape index (κ1) is 24.8. The maximum Gasteiger partial charge on any atom is 0.264 e. The third kappa shape index (κ3) is 4.26. The molecule has 41 heavy (non-hydrogen) atoms. The number of hydrogen-bond donors (Lipinski definition) is 0. The van der Waals surface area contributed by atoms with Crippen molar-refractivity contribution in [1.29, 1.82) is 0 Å². The van der Waals surface area contributed by atoms with Gasteiger partial charge >= 0.3 is 0 Å². The van der Waals surface area contributed by atoms with Crippen molar-refractivity contribution in [2.45, 2.75) is 31.5 Å². The molecular formula is C32H26N6O3. The number of carbonyl (C=O) groups excluding carboxylic acids is 3. The molecule has 3 aliphatic heterocycles. The molecule has 3 amide bonds. The third-order valence-corrected chi connectivity index (χ3v) is 7.88. The summed E-state index contributed by atoms with van der Waals surface area (Å²) in [6.07, 6.45) is 0.542. The second kappa shape index (κ2) is 9.78. The first-order chi connectivity index (χ1) is 20.0.